The van der Waals surface area contributed by atoms with Crippen LogP contribution >= 0.6 is 11.3 Å². The summed E-state index contributed by atoms with van der Waals surface area (Å²) in [6.07, 6.45) is -0.734. The molecular formula is C19H16F4N6S. The zero-order chi connectivity index (χ0) is 21.5. The van der Waals surface area contributed by atoms with Crippen LogP contribution in [0.4, 0.5) is 22.7 Å². The number of hydrogen-bond acceptors (Lipinski definition) is 6. The zero-order valence-corrected chi connectivity index (χ0v) is 16.2. The van der Waals surface area contributed by atoms with E-state index in [0.29, 0.717) is 22.6 Å². The smallest absolute Gasteiger partial charge is 0.375 e. The largest absolute Gasteiger partial charge is 0.434 e. The van der Waals surface area contributed by atoms with Gasteiger partial charge in [-0.2, -0.15) is 17.6 Å². The predicted octanol–water partition coefficient (Wildman–Crippen LogP) is 3.86. The zero-order valence-electron chi connectivity index (χ0n) is 15.4. The van der Waals surface area contributed by atoms with E-state index in [4.69, 9.17) is 11.5 Å². The number of nitrogens with zero attached hydrogens (tertiary/aromatic N) is 4. The summed E-state index contributed by atoms with van der Waals surface area (Å²) in [5, 5.41) is 1.81. The molecule has 0 spiro atoms. The van der Waals surface area contributed by atoms with Crippen molar-refractivity contribution in [1.29, 1.82) is 0 Å². The number of imidazole rings is 1. The van der Waals surface area contributed by atoms with Crippen LogP contribution in [0.2, 0.25) is 0 Å². The highest BCUT2D eigenvalue weighted by Gasteiger charge is 2.33. The molecule has 1 atom stereocenters. The summed E-state index contributed by atoms with van der Waals surface area (Å²) in [4.78, 5) is 12.1. The van der Waals surface area contributed by atoms with Gasteiger partial charge in [-0.05, 0) is 17.0 Å². The minimum absolute atomic E-state index is 0.133. The van der Waals surface area contributed by atoms with Crippen molar-refractivity contribution in [3.63, 3.8) is 0 Å². The third-order valence-electron chi connectivity index (χ3n) is 4.49. The van der Waals surface area contributed by atoms with E-state index in [-0.39, 0.29) is 6.54 Å². The normalized spacial score (nSPS) is 13.1. The molecule has 0 aliphatic carbocycles. The first kappa shape index (κ1) is 20.2. The monoisotopic (exact) mass is 436 g/mol. The second-order valence-corrected chi connectivity index (χ2v) is 7.85. The van der Waals surface area contributed by atoms with Gasteiger partial charge in [0.15, 0.2) is 10.8 Å². The molecule has 0 aliphatic rings. The van der Waals surface area contributed by atoms with Crippen molar-refractivity contribution in [2.24, 2.45) is 5.73 Å². The molecule has 0 saturated heterocycles. The van der Waals surface area contributed by atoms with Crippen molar-refractivity contribution in [3.8, 4) is 10.4 Å². The van der Waals surface area contributed by atoms with Gasteiger partial charge in [0, 0.05) is 42.9 Å². The highest BCUT2D eigenvalue weighted by atomic mass is 32.1. The van der Waals surface area contributed by atoms with Gasteiger partial charge in [-0.15, -0.1) is 0 Å². The van der Waals surface area contributed by atoms with Gasteiger partial charge in [0.25, 0.3) is 0 Å². The Hall–Kier alpha value is -3.05. The van der Waals surface area contributed by atoms with Crippen molar-refractivity contribution in [2.75, 3.05) is 5.73 Å². The van der Waals surface area contributed by atoms with E-state index in [1.54, 1.807) is 0 Å². The topological polar surface area (TPSA) is 95.6 Å². The van der Waals surface area contributed by atoms with Crippen LogP contribution in [-0.2, 0) is 19.1 Å². The van der Waals surface area contributed by atoms with Gasteiger partial charge in [0.2, 0.25) is 5.95 Å². The quantitative estimate of drug-likeness (QED) is 0.366. The predicted molar refractivity (Wildman–Crippen MR) is 106 cm³/mol. The van der Waals surface area contributed by atoms with E-state index in [0.717, 1.165) is 28.4 Å². The fraction of sp³-hybridized carbons (Fsp3) is 0.211. The summed E-state index contributed by atoms with van der Waals surface area (Å²) in [5.74, 6) is -0.579. The van der Waals surface area contributed by atoms with Gasteiger partial charge in [-0.1, -0.05) is 23.5 Å². The maximum atomic E-state index is 13.5. The number of nitrogens with two attached hydrogens (primary N) is 2. The van der Waals surface area contributed by atoms with E-state index in [9.17, 15) is 17.6 Å². The second-order valence-electron chi connectivity index (χ2n) is 6.81. The Labute approximate surface area is 172 Å². The van der Waals surface area contributed by atoms with Crippen LogP contribution in [0.1, 0.15) is 11.4 Å². The molecule has 11 heteroatoms. The summed E-state index contributed by atoms with van der Waals surface area (Å²) in [5.41, 5.74) is 12.5. The molecule has 0 saturated carbocycles. The molecule has 1 aromatic carbocycles. The van der Waals surface area contributed by atoms with Gasteiger partial charge in [0.05, 0.1) is 16.9 Å². The molecule has 3 aromatic heterocycles. The van der Waals surface area contributed by atoms with Gasteiger partial charge in [-0.25, -0.2) is 15.0 Å². The number of pyridine rings is 1. The van der Waals surface area contributed by atoms with Crippen molar-refractivity contribution in [2.45, 2.75) is 25.2 Å². The van der Waals surface area contributed by atoms with E-state index >= 15 is 0 Å². The van der Waals surface area contributed by atoms with Crippen LogP contribution < -0.4 is 11.5 Å². The van der Waals surface area contributed by atoms with Crippen LogP contribution in [0.5, 0.6) is 0 Å². The van der Waals surface area contributed by atoms with Crippen molar-refractivity contribution in [1.82, 2.24) is 19.5 Å². The van der Waals surface area contributed by atoms with Crippen LogP contribution in [0.3, 0.4) is 0 Å². The van der Waals surface area contributed by atoms with Crippen molar-refractivity contribution >= 4 is 27.2 Å². The van der Waals surface area contributed by atoms with Gasteiger partial charge < -0.3 is 16.0 Å². The van der Waals surface area contributed by atoms with E-state index in [2.05, 4.69) is 15.0 Å². The molecule has 3 heterocycles. The van der Waals surface area contributed by atoms with Gasteiger partial charge >= 0.3 is 6.18 Å². The number of nitrogen functional groups attached to an aromatic ring is 1. The number of thiazole rings is 1. The van der Waals surface area contributed by atoms with Crippen LogP contribution in [0.15, 0.2) is 43.0 Å². The van der Waals surface area contributed by atoms with Crippen molar-refractivity contribution < 1.29 is 17.6 Å². The summed E-state index contributed by atoms with van der Waals surface area (Å²) in [7, 11) is 0. The van der Waals surface area contributed by atoms with Gasteiger partial charge in [0.1, 0.15) is 0 Å². The highest BCUT2D eigenvalue weighted by molar-refractivity contribution is 7.18. The minimum atomic E-state index is -4.50. The molecule has 0 aliphatic heterocycles. The van der Waals surface area contributed by atoms with E-state index < -0.39 is 23.9 Å². The summed E-state index contributed by atoms with van der Waals surface area (Å²) in [6, 6.07) is 6.32. The number of fused-ring (bicyclic) bond motifs is 1. The lowest BCUT2D eigenvalue weighted by Gasteiger charge is -2.12. The molecule has 0 bridgehead atoms. The summed E-state index contributed by atoms with van der Waals surface area (Å²) >= 11 is 1.27. The third kappa shape index (κ3) is 4.26. The standard InChI is InChI=1S/C19H16F4N6S/c20-16-4-12-3-10(1-2-11(12)6-26-16)17-14(28-18(25)30-17)5-13(24)7-29-8-15(27-9-29)19(21,22)23/h1-4,6,8-9,13H,5,7,24H2,(H2,25,28)/t13-/m1/s1. The molecule has 30 heavy (non-hydrogen) atoms. The number of alkyl halides is 3. The summed E-state index contributed by atoms with van der Waals surface area (Å²) < 4.78 is 52.9. The number of anilines is 1. The molecule has 0 unspecified atom stereocenters. The first-order valence-electron chi connectivity index (χ1n) is 8.84. The highest BCUT2D eigenvalue weighted by Crippen LogP contribution is 2.34. The molecule has 6 nitrogen and oxygen atoms in total. The first-order chi connectivity index (χ1) is 14.2. The molecule has 4 N–H and O–H groups in total. The number of benzene rings is 1. The van der Waals surface area contributed by atoms with Crippen molar-refractivity contribution in [3.05, 3.63) is 60.3 Å². The number of aromatic nitrogens is 4. The molecule has 0 fully saturated rings. The number of hydrogen-bond donors (Lipinski definition) is 2. The molecular weight excluding hydrogens is 420 g/mol. The maximum Gasteiger partial charge on any atom is 0.434 e. The summed E-state index contributed by atoms with van der Waals surface area (Å²) in [6.45, 7) is 0.133. The lowest BCUT2D eigenvalue weighted by molar-refractivity contribution is -0.141. The molecule has 4 rings (SSSR count). The van der Waals surface area contributed by atoms with Gasteiger partial charge in [-0.3, -0.25) is 0 Å². The van der Waals surface area contributed by atoms with Crippen LogP contribution in [-0.4, -0.2) is 25.6 Å². The number of halogens is 4. The van der Waals surface area contributed by atoms with Crippen LogP contribution in [0, 0.1) is 5.95 Å². The average molecular weight is 436 g/mol. The molecule has 0 amide bonds. The SMILES string of the molecule is Nc1nc(C[C@@H](N)Cn2cnc(C(F)(F)F)c2)c(-c2ccc3cnc(F)cc3c2)s1. The van der Waals surface area contributed by atoms with E-state index in [1.807, 2.05) is 18.2 Å². The Balaban J connectivity index is 1.57. The fourth-order valence-corrected chi connectivity index (χ4v) is 4.04. The fourth-order valence-electron chi connectivity index (χ4n) is 3.18. The lowest BCUT2D eigenvalue weighted by Crippen LogP contribution is -2.28. The maximum absolute atomic E-state index is 13.5. The third-order valence-corrected chi connectivity index (χ3v) is 5.46. The Kier molecular flexibility index (Phi) is 5.16. The second kappa shape index (κ2) is 7.65. The molecule has 4 aromatic rings. The number of rotatable bonds is 5. The minimum Gasteiger partial charge on any atom is -0.375 e. The van der Waals surface area contributed by atoms with E-state index in [1.165, 1.54) is 28.2 Å². The average Bonchev–Trinajstić information content (AvgIpc) is 3.27. The lowest BCUT2D eigenvalue weighted by atomic mass is 10.0. The molecule has 156 valence electrons. The Bertz CT molecular complexity index is 1200. The Morgan fingerprint density at radius 2 is 1.93 bits per heavy atom. The Morgan fingerprint density at radius 1 is 1.13 bits per heavy atom. The Morgan fingerprint density at radius 3 is 2.67 bits per heavy atom. The van der Waals surface area contributed by atoms with Crippen LogP contribution in [0.25, 0.3) is 21.2 Å². The first-order valence-corrected chi connectivity index (χ1v) is 9.66. The molecule has 0 radical (unpaired) electrons.